The van der Waals surface area contributed by atoms with Gasteiger partial charge in [0.05, 0.1) is 0 Å². The number of aromatic nitrogens is 2. The first kappa shape index (κ1) is 11.8. The van der Waals surface area contributed by atoms with Crippen LogP contribution in [0.15, 0.2) is 5.16 Å². The van der Waals surface area contributed by atoms with Gasteiger partial charge in [0.1, 0.15) is 0 Å². The SMILES string of the molecule is Cc1nc(SCCCCl)nc(C)c1C. The molecule has 0 saturated carbocycles. The van der Waals surface area contributed by atoms with Crippen LogP contribution in [-0.2, 0) is 0 Å². The van der Waals surface area contributed by atoms with Gasteiger partial charge in [-0.25, -0.2) is 9.97 Å². The van der Waals surface area contributed by atoms with Crippen LogP contribution < -0.4 is 0 Å². The lowest BCUT2D eigenvalue weighted by molar-refractivity contribution is 0.879. The van der Waals surface area contributed by atoms with Crippen LogP contribution in [0.5, 0.6) is 0 Å². The van der Waals surface area contributed by atoms with Crippen molar-refractivity contribution in [2.24, 2.45) is 0 Å². The zero-order valence-corrected chi connectivity index (χ0v) is 10.4. The van der Waals surface area contributed by atoms with Gasteiger partial charge in [0.25, 0.3) is 0 Å². The molecule has 1 aromatic rings. The van der Waals surface area contributed by atoms with Crippen molar-refractivity contribution in [3.8, 4) is 0 Å². The van der Waals surface area contributed by atoms with Crippen molar-refractivity contribution in [2.45, 2.75) is 32.3 Å². The fourth-order valence-electron chi connectivity index (χ4n) is 1.02. The molecule has 1 rings (SSSR count). The molecular formula is C10H15ClN2S. The van der Waals surface area contributed by atoms with Crippen molar-refractivity contribution in [3.05, 3.63) is 17.0 Å². The molecule has 1 heterocycles. The van der Waals surface area contributed by atoms with Crippen molar-refractivity contribution in [1.82, 2.24) is 9.97 Å². The van der Waals surface area contributed by atoms with Gasteiger partial charge in [0.2, 0.25) is 0 Å². The lowest BCUT2D eigenvalue weighted by Gasteiger charge is -2.05. The quantitative estimate of drug-likeness (QED) is 0.344. The van der Waals surface area contributed by atoms with Crippen LogP contribution in [-0.4, -0.2) is 21.6 Å². The van der Waals surface area contributed by atoms with Crippen molar-refractivity contribution in [1.29, 1.82) is 0 Å². The lowest BCUT2D eigenvalue weighted by atomic mass is 10.2. The monoisotopic (exact) mass is 230 g/mol. The second-order valence-electron chi connectivity index (χ2n) is 3.19. The molecule has 4 heteroatoms. The van der Waals surface area contributed by atoms with Crippen LogP contribution in [0.3, 0.4) is 0 Å². The molecule has 0 spiro atoms. The van der Waals surface area contributed by atoms with E-state index in [0.29, 0.717) is 5.88 Å². The van der Waals surface area contributed by atoms with E-state index in [1.165, 1.54) is 5.56 Å². The number of hydrogen-bond donors (Lipinski definition) is 0. The van der Waals surface area contributed by atoms with E-state index in [9.17, 15) is 0 Å². The molecule has 0 aliphatic rings. The molecule has 0 atom stereocenters. The largest absolute Gasteiger partial charge is 0.228 e. The number of hydrogen-bond acceptors (Lipinski definition) is 3. The zero-order chi connectivity index (χ0) is 10.6. The summed E-state index contributed by atoms with van der Waals surface area (Å²) in [6.45, 7) is 6.10. The fraction of sp³-hybridized carbons (Fsp3) is 0.600. The number of halogens is 1. The topological polar surface area (TPSA) is 25.8 Å². The van der Waals surface area contributed by atoms with Crippen LogP contribution in [0, 0.1) is 20.8 Å². The molecule has 78 valence electrons. The predicted molar refractivity (Wildman–Crippen MR) is 62.3 cm³/mol. The van der Waals surface area contributed by atoms with Crippen LogP contribution in [0.4, 0.5) is 0 Å². The summed E-state index contributed by atoms with van der Waals surface area (Å²) in [5, 5.41) is 0.871. The maximum absolute atomic E-state index is 5.60. The molecule has 0 fully saturated rings. The van der Waals surface area contributed by atoms with Crippen LogP contribution in [0.1, 0.15) is 23.4 Å². The Morgan fingerprint density at radius 1 is 1.14 bits per heavy atom. The summed E-state index contributed by atoms with van der Waals surface area (Å²) in [5.74, 6) is 1.70. The minimum atomic E-state index is 0.705. The minimum absolute atomic E-state index is 0.705. The number of rotatable bonds is 4. The number of thioether (sulfide) groups is 1. The normalized spacial score (nSPS) is 10.6. The van der Waals surface area contributed by atoms with E-state index in [1.807, 2.05) is 13.8 Å². The van der Waals surface area contributed by atoms with Crippen LogP contribution >= 0.6 is 23.4 Å². The third-order valence-corrected chi connectivity index (χ3v) is 3.32. The molecule has 1 aromatic heterocycles. The molecule has 0 bridgehead atoms. The fourth-order valence-corrected chi connectivity index (χ4v) is 2.19. The first-order valence-corrected chi connectivity index (χ1v) is 6.17. The Morgan fingerprint density at radius 2 is 1.71 bits per heavy atom. The van der Waals surface area contributed by atoms with E-state index >= 15 is 0 Å². The summed E-state index contributed by atoms with van der Waals surface area (Å²) in [5.41, 5.74) is 3.34. The summed E-state index contributed by atoms with van der Waals surface area (Å²) < 4.78 is 0. The number of aryl methyl sites for hydroxylation is 2. The maximum Gasteiger partial charge on any atom is 0.187 e. The van der Waals surface area contributed by atoms with E-state index in [0.717, 1.165) is 28.7 Å². The highest BCUT2D eigenvalue weighted by Crippen LogP contribution is 2.17. The van der Waals surface area contributed by atoms with Gasteiger partial charge >= 0.3 is 0 Å². The Morgan fingerprint density at radius 3 is 2.21 bits per heavy atom. The molecule has 0 amide bonds. The van der Waals surface area contributed by atoms with Crippen LogP contribution in [0.2, 0.25) is 0 Å². The van der Waals surface area contributed by atoms with Gasteiger partial charge in [0.15, 0.2) is 5.16 Å². The molecule has 0 aromatic carbocycles. The van der Waals surface area contributed by atoms with Crippen molar-refractivity contribution in [2.75, 3.05) is 11.6 Å². The Balaban J connectivity index is 2.69. The standard InChI is InChI=1S/C10H15ClN2S/c1-7-8(2)12-10(13-9(7)3)14-6-4-5-11/h4-6H2,1-3H3. The second-order valence-corrected chi connectivity index (χ2v) is 4.63. The molecule has 0 N–H and O–H groups in total. The first-order valence-electron chi connectivity index (χ1n) is 4.65. The van der Waals surface area contributed by atoms with Crippen LogP contribution in [0.25, 0.3) is 0 Å². The molecular weight excluding hydrogens is 216 g/mol. The average molecular weight is 231 g/mol. The molecule has 0 saturated heterocycles. The zero-order valence-electron chi connectivity index (χ0n) is 8.80. The highest BCUT2D eigenvalue weighted by Gasteiger charge is 2.04. The average Bonchev–Trinajstić information content (AvgIpc) is 2.14. The highest BCUT2D eigenvalue weighted by molar-refractivity contribution is 7.99. The summed E-state index contributed by atoms with van der Waals surface area (Å²) in [6, 6.07) is 0. The van der Waals surface area contributed by atoms with Gasteiger partial charge in [0, 0.05) is 23.0 Å². The molecule has 14 heavy (non-hydrogen) atoms. The summed E-state index contributed by atoms with van der Waals surface area (Å²) in [6.07, 6.45) is 1.00. The van der Waals surface area contributed by atoms with Gasteiger partial charge in [-0.1, -0.05) is 11.8 Å². The Kier molecular flexibility index (Phi) is 4.69. The molecule has 0 aliphatic heterocycles. The summed E-state index contributed by atoms with van der Waals surface area (Å²) >= 11 is 7.28. The van der Waals surface area contributed by atoms with E-state index < -0.39 is 0 Å². The predicted octanol–water partition coefficient (Wildman–Crippen LogP) is 3.12. The molecule has 0 aliphatic carbocycles. The molecule has 0 unspecified atom stereocenters. The summed E-state index contributed by atoms with van der Waals surface area (Å²) in [7, 11) is 0. The Labute approximate surface area is 94.5 Å². The van der Waals surface area contributed by atoms with Crippen molar-refractivity contribution >= 4 is 23.4 Å². The first-order chi connectivity index (χ1) is 6.65. The summed E-state index contributed by atoms with van der Waals surface area (Å²) in [4.78, 5) is 8.83. The molecule has 2 nitrogen and oxygen atoms in total. The third-order valence-electron chi connectivity index (χ3n) is 2.12. The van der Waals surface area contributed by atoms with Gasteiger partial charge in [-0.15, -0.1) is 11.6 Å². The molecule has 0 radical (unpaired) electrons. The lowest BCUT2D eigenvalue weighted by Crippen LogP contribution is -1.98. The highest BCUT2D eigenvalue weighted by atomic mass is 35.5. The van der Waals surface area contributed by atoms with Gasteiger partial charge in [-0.3, -0.25) is 0 Å². The maximum atomic E-state index is 5.60. The van der Waals surface area contributed by atoms with Gasteiger partial charge in [-0.2, -0.15) is 0 Å². The third kappa shape index (κ3) is 3.14. The van der Waals surface area contributed by atoms with Crippen molar-refractivity contribution in [3.63, 3.8) is 0 Å². The van der Waals surface area contributed by atoms with E-state index in [4.69, 9.17) is 11.6 Å². The Bertz CT molecular complexity index is 292. The second kappa shape index (κ2) is 5.56. The van der Waals surface area contributed by atoms with E-state index in [2.05, 4.69) is 16.9 Å². The minimum Gasteiger partial charge on any atom is -0.228 e. The van der Waals surface area contributed by atoms with E-state index in [1.54, 1.807) is 11.8 Å². The Hall–Kier alpha value is -0.280. The number of alkyl halides is 1. The smallest absolute Gasteiger partial charge is 0.187 e. The van der Waals surface area contributed by atoms with E-state index in [-0.39, 0.29) is 0 Å². The van der Waals surface area contributed by atoms with Gasteiger partial charge < -0.3 is 0 Å². The number of nitrogens with zero attached hydrogens (tertiary/aromatic N) is 2. The van der Waals surface area contributed by atoms with Crippen molar-refractivity contribution < 1.29 is 0 Å². The van der Waals surface area contributed by atoms with Gasteiger partial charge in [-0.05, 0) is 32.8 Å².